The van der Waals surface area contributed by atoms with Crippen molar-refractivity contribution < 1.29 is 23.1 Å². The molecule has 0 saturated carbocycles. The van der Waals surface area contributed by atoms with Gasteiger partial charge in [-0.25, -0.2) is 0 Å². The highest BCUT2D eigenvalue weighted by Gasteiger charge is 2.34. The first-order valence-electron chi connectivity index (χ1n) is 8.18. The smallest absolute Gasteiger partial charge is 0.387 e. The van der Waals surface area contributed by atoms with E-state index in [0.29, 0.717) is 18.8 Å². The predicted molar refractivity (Wildman–Crippen MR) is 91.7 cm³/mol. The van der Waals surface area contributed by atoms with Crippen molar-refractivity contribution in [1.82, 2.24) is 4.90 Å². The van der Waals surface area contributed by atoms with Gasteiger partial charge in [-0.1, -0.05) is 30.3 Å². The van der Waals surface area contributed by atoms with Crippen molar-refractivity contribution >= 4 is 17.5 Å². The van der Waals surface area contributed by atoms with Crippen LogP contribution in [-0.4, -0.2) is 29.9 Å². The Morgan fingerprint density at radius 2 is 1.85 bits per heavy atom. The number of nitrogens with one attached hydrogen (secondary N) is 1. The van der Waals surface area contributed by atoms with Crippen molar-refractivity contribution in [2.24, 2.45) is 5.92 Å². The summed E-state index contributed by atoms with van der Waals surface area (Å²) in [5.41, 5.74) is 1.47. The van der Waals surface area contributed by atoms with E-state index in [1.165, 1.54) is 24.3 Å². The van der Waals surface area contributed by atoms with Crippen LogP contribution in [0.5, 0.6) is 5.75 Å². The molecule has 1 aliphatic rings. The molecular formula is C19H18F2N2O3. The average molecular weight is 360 g/mol. The molecule has 2 aromatic rings. The lowest BCUT2D eigenvalue weighted by Gasteiger charge is -2.16. The standard InChI is InChI=1S/C19H18F2N2O3/c20-19(21)26-16-8-6-15(7-9-16)22-18(25)14-10-17(24)23(12-14)11-13-4-2-1-3-5-13/h1-9,14,19H,10-12H2,(H,22,25)/t14-/m1/s1. The predicted octanol–water partition coefficient (Wildman–Crippen LogP) is 3.28. The van der Waals surface area contributed by atoms with Crippen LogP contribution < -0.4 is 10.1 Å². The van der Waals surface area contributed by atoms with E-state index < -0.39 is 12.5 Å². The molecule has 1 aliphatic heterocycles. The topological polar surface area (TPSA) is 58.6 Å². The zero-order valence-electron chi connectivity index (χ0n) is 13.9. The van der Waals surface area contributed by atoms with E-state index in [1.54, 1.807) is 4.90 Å². The van der Waals surface area contributed by atoms with Gasteiger partial charge in [0.2, 0.25) is 11.8 Å². The molecule has 1 fully saturated rings. The summed E-state index contributed by atoms with van der Waals surface area (Å²) in [6, 6.07) is 15.2. The first kappa shape index (κ1) is 17.8. The summed E-state index contributed by atoms with van der Waals surface area (Å²) in [5.74, 6) is -0.752. The minimum atomic E-state index is -2.89. The highest BCUT2D eigenvalue weighted by molar-refractivity contribution is 5.97. The van der Waals surface area contributed by atoms with Gasteiger partial charge in [-0.2, -0.15) is 8.78 Å². The highest BCUT2D eigenvalue weighted by Crippen LogP contribution is 2.23. The van der Waals surface area contributed by atoms with Gasteiger partial charge in [0.05, 0.1) is 5.92 Å². The van der Waals surface area contributed by atoms with Gasteiger partial charge in [0, 0.05) is 25.2 Å². The molecule has 2 amide bonds. The van der Waals surface area contributed by atoms with Crippen molar-refractivity contribution in [3.63, 3.8) is 0 Å². The highest BCUT2D eigenvalue weighted by atomic mass is 19.3. The number of likely N-dealkylation sites (tertiary alicyclic amines) is 1. The third-order valence-electron chi connectivity index (χ3n) is 4.15. The Labute approximate surface area is 149 Å². The molecule has 5 nitrogen and oxygen atoms in total. The molecule has 2 aromatic carbocycles. The number of anilines is 1. The SMILES string of the molecule is O=C(Nc1ccc(OC(F)F)cc1)[C@@H]1CC(=O)N(Cc2ccccc2)C1. The number of carbonyl (C=O) groups is 2. The molecule has 3 rings (SSSR count). The van der Waals surface area contributed by atoms with E-state index in [9.17, 15) is 18.4 Å². The van der Waals surface area contributed by atoms with Crippen molar-refractivity contribution in [2.45, 2.75) is 19.6 Å². The van der Waals surface area contributed by atoms with Crippen molar-refractivity contribution in [3.8, 4) is 5.75 Å². The molecule has 26 heavy (non-hydrogen) atoms. The number of ether oxygens (including phenoxy) is 1. The average Bonchev–Trinajstić information content (AvgIpc) is 2.98. The van der Waals surface area contributed by atoms with Gasteiger partial charge >= 0.3 is 6.61 Å². The van der Waals surface area contributed by atoms with E-state index in [-0.39, 0.29) is 24.0 Å². The third-order valence-corrected chi connectivity index (χ3v) is 4.15. The summed E-state index contributed by atoms with van der Waals surface area (Å²) in [4.78, 5) is 26.2. The second kappa shape index (κ2) is 7.95. The summed E-state index contributed by atoms with van der Waals surface area (Å²) in [5, 5.41) is 2.71. The number of benzene rings is 2. The van der Waals surface area contributed by atoms with Gasteiger partial charge in [-0.15, -0.1) is 0 Å². The molecule has 0 aromatic heterocycles. The Hall–Kier alpha value is -2.96. The second-order valence-corrected chi connectivity index (χ2v) is 6.05. The second-order valence-electron chi connectivity index (χ2n) is 6.05. The Morgan fingerprint density at radius 1 is 1.15 bits per heavy atom. The summed E-state index contributed by atoms with van der Waals surface area (Å²) in [6.07, 6.45) is 0.158. The fourth-order valence-electron chi connectivity index (χ4n) is 2.87. The molecule has 0 radical (unpaired) electrons. The quantitative estimate of drug-likeness (QED) is 0.860. The number of alkyl halides is 2. The lowest BCUT2D eigenvalue weighted by Crippen LogP contribution is -2.28. The van der Waals surface area contributed by atoms with Crippen LogP contribution in [0.1, 0.15) is 12.0 Å². The molecule has 1 saturated heterocycles. The fraction of sp³-hybridized carbons (Fsp3) is 0.263. The Balaban J connectivity index is 1.56. The molecule has 1 N–H and O–H groups in total. The summed E-state index contributed by atoms with van der Waals surface area (Å²) in [7, 11) is 0. The van der Waals surface area contributed by atoms with Crippen LogP contribution in [0.2, 0.25) is 0 Å². The maximum absolute atomic E-state index is 12.4. The summed E-state index contributed by atoms with van der Waals surface area (Å²) in [6.45, 7) is -2.06. The normalized spacial score (nSPS) is 16.8. The van der Waals surface area contributed by atoms with Crippen LogP contribution in [0.25, 0.3) is 0 Å². The van der Waals surface area contributed by atoms with Gasteiger partial charge in [-0.05, 0) is 29.8 Å². The lowest BCUT2D eigenvalue weighted by atomic mass is 10.1. The molecule has 1 atom stereocenters. The molecule has 1 heterocycles. The molecule has 0 aliphatic carbocycles. The molecule has 7 heteroatoms. The summed E-state index contributed by atoms with van der Waals surface area (Å²) < 4.78 is 28.5. The van der Waals surface area contributed by atoms with E-state index >= 15 is 0 Å². The first-order chi connectivity index (χ1) is 12.5. The third kappa shape index (κ3) is 4.56. The first-order valence-corrected chi connectivity index (χ1v) is 8.18. The lowest BCUT2D eigenvalue weighted by molar-refractivity contribution is -0.128. The van der Waals surface area contributed by atoms with Crippen molar-refractivity contribution in [2.75, 3.05) is 11.9 Å². The van der Waals surface area contributed by atoms with Gasteiger partial charge in [0.15, 0.2) is 0 Å². The van der Waals surface area contributed by atoms with Crippen molar-refractivity contribution in [1.29, 1.82) is 0 Å². The van der Waals surface area contributed by atoms with Crippen LogP contribution in [0.15, 0.2) is 54.6 Å². The van der Waals surface area contributed by atoms with Crippen LogP contribution in [0.4, 0.5) is 14.5 Å². The van der Waals surface area contributed by atoms with Gasteiger partial charge < -0.3 is 15.0 Å². The van der Waals surface area contributed by atoms with E-state index in [0.717, 1.165) is 5.56 Å². The molecule has 0 spiro atoms. The van der Waals surface area contributed by atoms with E-state index in [4.69, 9.17) is 0 Å². The van der Waals surface area contributed by atoms with Gasteiger partial charge in [0.25, 0.3) is 0 Å². The number of nitrogens with zero attached hydrogens (tertiary/aromatic N) is 1. The number of amides is 2. The monoisotopic (exact) mass is 360 g/mol. The van der Waals surface area contributed by atoms with Crippen LogP contribution in [0, 0.1) is 5.92 Å². The maximum atomic E-state index is 12.4. The van der Waals surface area contributed by atoms with Crippen LogP contribution in [-0.2, 0) is 16.1 Å². The zero-order chi connectivity index (χ0) is 18.5. The molecule has 136 valence electrons. The Bertz CT molecular complexity index is 766. The number of carbonyl (C=O) groups excluding carboxylic acids is 2. The molecule has 0 unspecified atom stereocenters. The Kier molecular flexibility index (Phi) is 5.46. The fourth-order valence-corrected chi connectivity index (χ4v) is 2.87. The van der Waals surface area contributed by atoms with Gasteiger partial charge in [0.1, 0.15) is 5.75 Å². The largest absolute Gasteiger partial charge is 0.435 e. The van der Waals surface area contributed by atoms with Crippen LogP contribution in [0.3, 0.4) is 0 Å². The maximum Gasteiger partial charge on any atom is 0.387 e. The summed E-state index contributed by atoms with van der Waals surface area (Å²) >= 11 is 0. The zero-order valence-corrected chi connectivity index (χ0v) is 13.9. The minimum Gasteiger partial charge on any atom is -0.435 e. The molecule has 0 bridgehead atoms. The van der Waals surface area contributed by atoms with E-state index in [1.807, 2.05) is 30.3 Å². The van der Waals surface area contributed by atoms with Crippen LogP contribution >= 0.6 is 0 Å². The number of hydrogen-bond acceptors (Lipinski definition) is 3. The minimum absolute atomic E-state index is 0.0167. The van der Waals surface area contributed by atoms with E-state index in [2.05, 4.69) is 10.1 Å². The Morgan fingerprint density at radius 3 is 2.50 bits per heavy atom. The number of rotatable bonds is 6. The van der Waals surface area contributed by atoms with Crippen molar-refractivity contribution in [3.05, 3.63) is 60.2 Å². The number of hydrogen-bond donors (Lipinski definition) is 1. The van der Waals surface area contributed by atoms with Gasteiger partial charge in [-0.3, -0.25) is 9.59 Å². The number of halogens is 2. The molecular weight excluding hydrogens is 342 g/mol.